The number of carbonyl (C=O) groups excluding carboxylic acids is 1. The maximum atomic E-state index is 12.8. The zero-order chi connectivity index (χ0) is 17.8. The third-order valence-electron chi connectivity index (χ3n) is 4.64. The van der Waals surface area contributed by atoms with E-state index in [9.17, 15) is 4.79 Å². The summed E-state index contributed by atoms with van der Waals surface area (Å²) in [7, 11) is 0. The first-order valence-electron chi connectivity index (χ1n) is 8.86. The lowest BCUT2D eigenvalue weighted by molar-refractivity contribution is -0.130. The molecule has 1 heterocycles. The second kappa shape index (κ2) is 7.96. The number of rotatable bonds is 4. The van der Waals surface area contributed by atoms with Gasteiger partial charge in [-0.2, -0.15) is 0 Å². The molecule has 2 aromatic rings. The van der Waals surface area contributed by atoms with Gasteiger partial charge in [-0.05, 0) is 50.6 Å². The predicted molar refractivity (Wildman–Crippen MR) is 106 cm³/mol. The van der Waals surface area contributed by atoms with Gasteiger partial charge in [-0.25, -0.2) is 0 Å². The van der Waals surface area contributed by atoms with Crippen molar-refractivity contribution in [3.8, 4) is 0 Å². The van der Waals surface area contributed by atoms with Crippen LogP contribution in [0.5, 0.6) is 0 Å². The number of amides is 1. The fraction of sp³-hybridized carbons (Fsp3) is 0.381. The summed E-state index contributed by atoms with van der Waals surface area (Å²) >= 11 is 1.65. The first kappa shape index (κ1) is 17.9. The number of nitrogens with zero attached hydrogens (tertiary/aromatic N) is 2. The molecule has 132 valence electrons. The molecule has 2 aromatic carbocycles. The molecule has 1 saturated heterocycles. The highest BCUT2D eigenvalue weighted by Crippen LogP contribution is 2.25. The Balaban J connectivity index is 1.54. The van der Waals surface area contributed by atoms with E-state index in [1.165, 1.54) is 16.8 Å². The van der Waals surface area contributed by atoms with E-state index in [0.717, 1.165) is 31.1 Å². The Kier molecular flexibility index (Phi) is 5.69. The van der Waals surface area contributed by atoms with Gasteiger partial charge in [0.1, 0.15) is 0 Å². The highest BCUT2D eigenvalue weighted by molar-refractivity contribution is 8.00. The van der Waals surface area contributed by atoms with Crippen molar-refractivity contribution in [1.29, 1.82) is 0 Å². The largest absolute Gasteiger partial charge is 0.368 e. The molecule has 0 radical (unpaired) electrons. The van der Waals surface area contributed by atoms with E-state index >= 15 is 0 Å². The normalized spacial score (nSPS) is 16.0. The lowest BCUT2D eigenvalue weighted by Gasteiger charge is -2.37. The molecule has 3 nitrogen and oxygen atoms in total. The van der Waals surface area contributed by atoms with E-state index in [4.69, 9.17) is 0 Å². The molecule has 0 bridgehead atoms. The van der Waals surface area contributed by atoms with Crippen LogP contribution in [-0.2, 0) is 4.79 Å². The van der Waals surface area contributed by atoms with Crippen molar-refractivity contribution >= 4 is 23.4 Å². The molecule has 0 unspecified atom stereocenters. The molecule has 3 rings (SSSR count). The standard InChI is InChI=1S/C21H26N2OS/c1-16-7-9-20(10-8-16)25-18(3)21(24)23-13-11-22(12-14-23)19-6-4-5-17(2)15-19/h4-10,15,18H,11-14H2,1-3H3/t18-/m1/s1. The number of hydrogen-bond acceptors (Lipinski definition) is 3. The smallest absolute Gasteiger partial charge is 0.235 e. The first-order chi connectivity index (χ1) is 12.0. The lowest BCUT2D eigenvalue weighted by atomic mass is 10.2. The molecule has 1 fully saturated rings. The summed E-state index contributed by atoms with van der Waals surface area (Å²) in [6, 6.07) is 17.0. The lowest BCUT2D eigenvalue weighted by Crippen LogP contribution is -2.50. The molecule has 4 heteroatoms. The van der Waals surface area contributed by atoms with Gasteiger partial charge in [-0.1, -0.05) is 29.8 Å². The predicted octanol–water partition coefficient (Wildman–Crippen LogP) is 4.13. The quantitative estimate of drug-likeness (QED) is 0.771. The average Bonchev–Trinajstić information content (AvgIpc) is 2.63. The number of hydrogen-bond donors (Lipinski definition) is 0. The van der Waals surface area contributed by atoms with Crippen molar-refractivity contribution in [2.75, 3.05) is 31.1 Å². The summed E-state index contributed by atoms with van der Waals surface area (Å²) in [4.78, 5) is 18.3. The van der Waals surface area contributed by atoms with E-state index in [2.05, 4.69) is 67.3 Å². The molecule has 1 amide bonds. The Morgan fingerprint density at radius 1 is 0.960 bits per heavy atom. The fourth-order valence-electron chi connectivity index (χ4n) is 3.14. The van der Waals surface area contributed by atoms with Gasteiger partial charge in [-0.15, -0.1) is 11.8 Å². The molecule has 0 spiro atoms. The molecule has 1 atom stereocenters. The summed E-state index contributed by atoms with van der Waals surface area (Å²) in [5, 5.41) is -0.0479. The molecule has 0 saturated carbocycles. The minimum absolute atomic E-state index is 0.0479. The Morgan fingerprint density at radius 3 is 2.28 bits per heavy atom. The third kappa shape index (κ3) is 4.57. The number of thioether (sulfide) groups is 1. The number of aryl methyl sites for hydroxylation is 2. The van der Waals surface area contributed by atoms with Crippen LogP contribution in [-0.4, -0.2) is 42.2 Å². The van der Waals surface area contributed by atoms with E-state index in [-0.39, 0.29) is 11.2 Å². The molecular formula is C21H26N2OS. The van der Waals surface area contributed by atoms with Crippen LogP contribution < -0.4 is 4.90 Å². The Labute approximate surface area is 155 Å². The number of benzene rings is 2. The van der Waals surface area contributed by atoms with Crippen molar-refractivity contribution in [2.45, 2.75) is 30.9 Å². The average molecular weight is 355 g/mol. The van der Waals surface area contributed by atoms with Crippen LogP contribution >= 0.6 is 11.8 Å². The van der Waals surface area contributed by atoms with Crippen LogP contribution in [0.25, 0.3) is 0 Å². The Bertz CT molecular complexity index is 721. The van der Waals surface area contributed by atoms with Gasteiger partial charge in [0.15, 0.2) is 0 Å². The highest BCUT2D eigenvalue weighted by atomic mass is 32.2. The molecule has 0 N–H and O–H groups in total. The van der Waals surface area contributed by atoms with Gasteiger partial charge in [0.25, 0.3) is 0 Å². The second-order valence-electron chi connectivity index (χ2n) is 6.72. The highest BCUT2D eigenvalue weighted by Gasteiger charge is 2.25. The summed E-state index contributed by atoms with van der Waals surface area (Å²) in [5.41, 5.74) is 3.78. The van der Waals surface area contributed by atoms with Crippen LogP contribution in [0.1, 0.15) is 18.1 Å². The number of carbonyl (C=O) groups is 1. The van der Waals surface area contributed by atoms with Crippen molar-refractivity contribution in [1.82, 2.24) is 4.90 Å². The number of piperazine rings is 1. The topological polar surface area (TPSA) is 23.6 Å². The molecular weight excluding hydrogens is 328 g/mol. The van der Waals surface area contributed by atoms with Crippen LogP contribution in [0.4, 0.5) is 5.69 Å². The van der Waals surface area contributed by atoms with Gasteiger partial charge in [0.05, 0.1) is 5.25 Å². The van der Waals surface area contributed by atoms with E-state index < -0.39 is 0 Å². The summed E-state index contributed by atoms with van der Waals surface area (Å²) in [6.45, 7) is 9.61. The molecule has 25 heavy (non-hydrogen) atoms. The van der Waals surface area contributed by atoms with Gasteiger partial charge < -0.3 is 9.80 Å². The van der Waals surface area contributed by atoms with Gasteiger partial charge in [-0.3, -0.25) is 4.79 Å². The first-order valence-corrected chi connectivity index (χ1v) is 9.74. The molecule has 1 aliphatic heterocycles. The maximum Gasteiger partial charge on any atom is 0.235 e. The Hall–Kier alpha value is -1.94. The summed E-state index contributed by atoms with van der Waals surface area (Å²) < 4.78 is 0. The summed E-state index contributed by atoms with van der Waals surface area (Å²) in [5.74, 6) is 0.245. The van der Waals surface area contributed by atoms with Crippen molar-refractivity contribution in [3.63, 3.8) is 0 Å². The minimum atomic E-state index is -0.0479. The van der Waals surface area contributed by atoms with Crippen LogP contribution in [0.3, 0.4) is 0 Å². The third-order valence-corrected chi connectivity index (χ3v) is 5.74. The van der Waals surface area contributed by atoms with Gasteiger partial charge >= 0.3 is 0 Å². The van der Waals surface area contributed by atoms with Crippen molar-refractivity contribution in [3.05, 3.63) is 59.7 Å². The van der Waals surface area contributed by atoms with E-state index in [0.29, 0.717) is 0 Å². The van der Waals surface area contributed by atoms with Crippen molar-refractivity contribution < 1.29 is 4.79 Å². The van der Waals surface area contributed by atoms with E-state index in [1.54, 1.807) is 11.8 Å². The Morgan fingerprint density at radius 2 is 1.64 bits per heavy atom. The zero-order valence-corrected chi connectivity index (χ0v) is 16.1. The van der Waals surface area contributed by atoms with Gasteiger partial charge in [0, 0.05) is 36.8 Å². The summed E-state index contributed by atoms with van der Waals surface area (Å²) in [6.07, 6.45) is 0. The zero-order valence-electron chi connectivity index (χ0n) is 15.2. The van der Waals surface area contributed by atoms with Crippen LogP contribution in [0.2, 0.25) is 0 Å². The second-order valence-corrected chi connectivity index (χ2v) is 8.14. The van der Waals surface area contributed by atoms with E-state index in [1.807, 2.05) is 11.8 Å². The molecule has 0 aliphatic carbocycles. The molecule has 1 aliphatic rings. The number of anilines is 1. The minimum Gasteiger partial charge on any atom is -0.368 e. The SMILES string of the molecule is Cc1ccc(S[C@H](C)C(=O)N2CCN(c3cccc(C)c3)CC2)cc1. The van der Waals surface area contributed by atoms with Gasteiger partial charge in [0.2, 0.25) is 5.91 Å². The monoisotopic (exact) mass is 354 g/mol. The van der Waals surface area contributed by atoms with Crippen LogP contribution in [0, 0.1) is 13.8 Å². The van der Waals surface area contributed by atoms with Crippen LogP contribution in [0.15, 0.2) is 53.4 Å². The van der Waals surface area contributed by atoms with Crippen molar-refractivity contribution in [2.24, 2.45) is 0 Å². The maximum absolute atomic E-state index is 12.8. The fourth-order valence-corrected chi connectivity index (χ4v) is 4.09. The molecule has 0 aromatic heterocycles.